The van der Waals surface area contributed by atoms with Crippen LogP contribution in [0.5, 0.6) is 11.5 Å². The molecular formula is C21H26N2O6S. The number of amides is 1. The Morgan fingerprint density at radius 2 is 1.77 bits per heavy atom. The van der Waals surface area contributed by atoms with E-state index in [0.29, 0.717) is 22.6 Å². The first-order valence-corrected chi connectivity index (χ1v) is 10.6. The first-order valence-electron chi connectivity index (χ1n) is 9.17. The molecule has 9 heteroatoms. The predicted molar refractivity (Wildman–Crippen MR) is 114 cm³/mol. The second-order valence-electron chi connectivity index (χ2n) is 6.93. The molecule has 1 unspecified atom stereocenters. The van der Waals surface area contributed by atoms with Gasteiger partial charge in [0.05, 0.1) is 17.6 Å². The fourth-order valence-corrected chi connectivity index (χ4v) is 3.53. The van der Waals surface area contributed by atoms with Crippen molar-refractivity contribution in [2.45, 2.75) is 31.8 Å². The Hall–Kier alpha value is -2.91. The van der Waals surface area contributed by atoms with Crippen molar-refractivity contribution in [3.8, 4) is 11.5 Å². The summed E-state index contributed by atoms with van der Waals surface area (Å²) in [7, 11) is 0.711. The normalized spacial score (nSPS) is 12.4. The number of anilines is 1. The molecule has 2 aromatic carbocycles. The van der Waals surface area contributed by atoms with E-state index in [2.05, 4.69) is 5.32 Å². The van der Waals surface area contributed by atoms with Crippen molar-refractivity contribution < 1.29 is 27.5 Å². The molecule has 8 nitrogen and oxygen atoms in total. The van der Waals surface area contributed by atoms with Crippen LogP contribution in [0.2, 0.25) is 0 Å². The number of sulfonamides is 1. The molecule has 0 bridgehead atoms. The summed E-state index contributed by atoms with van der Waals surface area (Å²) >= 11 is 0. The van der Waals surface area contributed by atoms with Gasteiger partial charge in [0.2, 0.25) is 10.0 Å². The molecular weight excluding hydrogens is 408 g/mol. The van der Waals surface area contributed by atoms with Crippen molar-refractivity contribution in [3.63, 3.8) is 0 Å². The van der Waals surface area contributed by atoms with E-state index in [1.165, 1.54) is 53.3 Å². The zero-order chi connectivity index (χ0) is 22.6. The highest BCUT2D eigenvalue weighted by Gasteiger charge is 2.22. The molecule has 0 saturated heterocycles. The molecule has 0 fully saturated rings. The number of carbonyl (C=O) groups excluding carboxylic acids is 2. The van der Waals surface area contributed by atoms with Gasteiger partial charge in [-0.25, -0.2) is 12.7 Å². The number of Topliss-reactive ketones (excluding diaryl/α,β-unsaturated/α-hetero) is 1. The third-order valence-electron chi connectivity index (χ3n) is 4.49. The van der Waals surface area contributed by atoms with Crippen LogP contribution < -0.4 is 14.8 Å². The maximum atomic E-state index is 12.7. The number of hydrogen-bond acceptors (Lipinski definition) is 6. The van der Waals surface area contributed by atoms with E-state index >= 15 is 0 Å². The highest BCUT2D eigenvalue weighted by molar-refractivity contribution is 7.89. The van der Waals surface area contributed by atoms with Gasteiger partial charge in [0.25, 0.3) is 5.91 Å². The lowest BCUT2D eigenvalue weighted by atomic mass is 10.1. The summed E-state index contributed by atoms with van der Waals surface area (Å²) < 4.78 is 36.7. The van der Waals surface area contributed by atoms with E-state index in [1.54, 1.807) is 25.1 Å². The number of rotatable bonds is 8. The van der Waals surface area contributed by atoms with E-state index in [-0.39, 0.29) is 16.4 Å². The molecule has 0 saturated carbocycles. The van der Waals surface area contributed by atoms with Gasteiger partial charge in [-0.2, -0.15) is 0 Å². The van der Waals surface area contributed by atoms with Gasteiger partial charge in [-0.05, 0) is 50.6 Å². The first kappa shape index (κ1) is 23.4. The van der Waals surface area contributed by atoms with Crippen LogP contribution in [0.15, 0.2) is 41.3 Å². The smallest absolute Gasteiger partial charge is 0.265 e. The fraction of sp³-hybridized carbons (Fsp3) is 0.333. The minimum atomic E-state index is -3.64. The third-order valence-corrected chi connectivity index (χ3v) is 6.30. The van der Waals surface area contributed by atoms with Gasteiger partial charge < -0.3 is 14.8 Å². The summed E-state index contributed by atoms with van der Waals surface area (Å²) in [6.45, 7) is 4.69. The highest BCUT2D eigenvalue weighted by atomic mass is 32.2. The van der Waals surface area contributed by atoms with E-state index in [9.17, 15) is 18.0 Å². The van der Waals surface area contributed by atoms with Gasteiger partial charge in [0, 0.05) is 25.8 Å². The Morgan fingerprint density at radius 3 is 2.33 bits per heavy atom. The molecule has 0 spiro atoms. The van der Waals surface area contributed by atoms with Gasteiger partial charge in [-0.3, -0.25) is 9.59 Å². The van der Waals surface area contributed by atoms with Crippen LogP contribution in [0.25, 0.3) is 0 Å². The van der Waals surface area contributed by atoms with Gasteiger partial charge in [0.15, 0.2) is 11.9 Å². The van der Waals surface area contributed by atoms with Crippen LogP contribution >= 0.6 is 0 Å². The number of ketones is 1. The number of benzene rings is 2. The standard InChI is InChI=1S/C21H26N2O6S/c1-13-7-9-17(30(26,27)23(4)5)12-19(13)22-21(25)15(3)29-20-11-16(28-6)8-10-18(20)14(2)24/h7-12,15H,1-6H3,(H,22,25). The molecule has 0 aromatic heterocycles. The van der Waals surface area contributed by atoms with Crippen molar-refractivity contribution in [2.24, 2.45) is 0 Å². The Balaban J connectivity index is 2.26. The summed E-state index contributed by atoms with van der Waals surface area (Å²) in [4.78, 5) is 24.6. The average molecular weight is 435 g/mol. The van der Waals surface area contributed by atoms with Crippen molar-refractivity contribution in [3.05, 3.63) is 47.5 Å². The molecule has 1 N–H and O–H groups in total. The summed E-state index contributed by atoms with van der Waals surface area (Å²) in [5.41, 5.74) is 1.38. The Morgan fingerprint density at radius 1 is 1.10 bits per heavy atom. The number of aryl methyl sites for hydroxylation is 1. The third kappa shape index (κ3) is 5.17. The molecule has 0 heterocycles. The van der Waals surface area contributed by atoms with Crippen LogP contribution in [0.3, 0.4) is 0 Å². The van der Waals surface area contributed by atoms with Crippen LogP contribution in [0, 0.1) is 6.92 Å². The number of nitrogens with zero attached hydrogens (tertiary/aromatic N) is 1. The largest absolute Gasteiger partial charge is 0.497 e. The number of ether oxygens (including phenoxy) is 2. The van der Waals surface area contributed by atoms with Crippen LogP contribution in [-0.2, 0) is 14.8 Å². The monoisotopic (exact) mass is 434 g/mol. The van der Waals surface area contributed by atoms with Crippen molar-refractivity contribution >= 4 is 27.4 Å². The zero-order valence-corrected chi connectivity index (χ0v) is 18.7. The summed E-state index contributed by atoms with van der Waals surface area (Å²) in [5, 5.41) is 2.70. The van der Waals surface area contributed by atoms with E-state index < -0.39 is 22.0 Å². The number of hydrogen-bond donors (Lipinski definition) is 1. The highest BCUT2D eigenvalue weighted by Crippen LogP contribution is 2.27. The van der Waals surface area contributed by atoms with Crippen LogP contribution in [-0.4, -0.2) is 51.7 Å². The summed E-state index contributed by atoms with van der Waals surface area (Å²) in [5.74, 6) is 0.0118. The van der Waals surface area contributed by atoms with E-state index in [1.807, 2.05) is 0 Å². The average Bonchev–Trinajstić information content (AvgIpc) is 2.68. The Bertz CT molecular complexity index is 1060. The molecule has 2 rings (SSSR count). The van der Waals surface area contributed by atoms with Gasteiger partial charge >= 0.3 is 0 Å². The number of carbonyl (C=O) groups is 2. The number of methoxy groups -OCH3 is 1. The van der Waals surface area contributed by atoms with Crippen LogP contribution in [0.1, 0.15) is 29.8 Å². The molecule has 0 radical (unpaired) electrons. The molecule has 0 aliphatic carbocycles. The molecule has 2 aromatic rings. The van der Waals surface area contributed by atoms with Gasteiger partial charge in [-0.15, -0.1) is 0 Å². The molecule has 0 aliphatic rings. The number of nitrogens with one attached hydrogen (secondary N) is 1. The minimum Gasteiger partial charge on any atom is -0.497 e. The SMILES string of the molecule is COc1ccc(C(C)=O)c(OC(C)C(=O)Nc2cc(S(=O)(=O)N(C)C)ccc2C)c1. The lowest BCUT2D eigenvalue weighted by Gasteiger charge is -2.19. The van der Waals surface area contributed by atoms with Crippen molar-refractivity contribution in [1.82, 2.24) is 4.31 Å². The predicted octanol–water partition coefficient (Wildman–Crippen LogP) is 2.86. The summed E-state index contributed by atoms with van der Waals surface area (Å²) in [6, 6.07) is 9.25. The topological polar surface area (TPSA) is 102 Å². The second kappa shape index (κ2) is 9.27. The maximum Gasteiger partial charge on any atom is 0.265 e. The van der Waals surface area contributed by atoms with Gasteiger partial charge in [0.1, 0.15) is 11.5 Å². The molecule has 162 valence electrons. The van der Waals surface area contributed by atoms with Crippen molar-refractivity contribution in [1.29, 1.82) is 0 Å². The molecule has 1 atom stereocenters. The fourth-order valence-electron chi connectivity index (χ4n) is 2.60. The lowest BCUT2D eigenvalue weighted by molar-refractivity contribution is -0.122. The Kier molecular flexibility index (Phi) is 7.22. The lowest BCUT2D eigenvalue weighted by Crippen LogP contribution is -2.31. The van der Waals surface area contributed by atoms with Crippen molar-refractivity contribution in [2.75, 3.05) is 26.5 Å². The first-order chi connectivity index (χ1) is 14.0. The second-order valence-corrected chi connectivity index (χ2v) is 9.08. The zero-order valence-electron chi connectivity index (χ0n) is 17.8. The molecule has 1 amide bonds. The Labute approximate surface area is 176 Å². The molecule has 30 heavy (non-hydrogen) atoms. The minimum absolute atomic E-state index is 0.0635. The van der Waals surface area contributed by atoms with E-state index in [0.717, 1.165) is 4.31 Å². The molecule has 0 aliphatic heterocycles. The quantitative estimate of drug-likeness (QED) is 0.641. The van der Waals surface area contributed by atoms with Crippen LogP contribution in [0.4, 0.5) is 5.69 Å². The maximum absolute atomic E-state index is 12.7. The van der Waals surface area contributed by atoms with Gasteiger partial charge in [-0.1, -0.05) is 6.07 Å². The van der Waals surface area contributed by atoms with E-state index in [4.69, 9.17) is 9.47 Å². The summed E-state index contributed by atoms with van der Waals surface area (Å²) in [6.07, 6.45) is -0.955.